The Balaban J connectivity index is 2.26. The molecule has 2 heterocycles. The van der Waals surface area contributed by atoms with Crippen molar-refractivity contribution in [2.24, 2.45) is 0 Å². The van der Waals surface area contributed by atoms with Crippen molar-refractivity contribution in [2.75, 3.05) is 30.5 Å². The van der Waals surface area contributed by atoms with Gasteiger partial charge in [-0.1, -0.05) is 6.92 Å². The summed E-state index contributed by atoms with van der Waals surface area (Å²) in [7, 11) is 2.15. The fraction of sp³-hybridized carbons (Fsp3) is 0.643. The number of anilines is 1. The highest BCUT2D eigenvalue weighted by atomic mass is 32.2. The topological polar surface area (TPSA) is 32.6 Å². The maximum Gasteiger partial charge on any atom is 0.195 e. The van der Waals surface area contributed by atoms with Gasteiger partial charge in [0.25, 0.3) is 0 Å². The molecule has 0 aromatic carbocycles. The van der Waals surface area contributed by atoms with E-state index < -0.39 is 0 Å². The molecule has 20 heavy (non-hydrogen) atoms. The van der Waals surface area contributed by atoms with Crippen molar-refractivity contribution in [1.29, 1.82) is 0 Å². The van der Waals surface area contributed by atoms with Crippen molar-refractivity contribution in [1.82, 2.24) is 14.7 Å². The number of nitrogens with zero attached hydrogens (tertiary/aromatic N) is 3. The summed E-state index contributed by atoms with van der Waals surface area (Å²) in [6.07, 6.45) is 5.42. The first-order valence-electron chi connectivity index (χ1n) is 7.06. The zero-order chi connectivity index (χ0) is 14.5. The molecule has 0 aliphatic heterocycles. The first kappa shape index (κ1) is 15.7. The van der Waals surface area contributed by atoms with E-state index in [4.69, 9.17) is 4.98 Å². The lowest BCUT2D eigenvalue weighted by Gasteiger charge is -2.25. The van der Waals surface area contributed by atoms with Gasteiger partial charge in [-0.25, -0.2) is 4.98 Å². The number of hydrogen-bond acceptors (Lipinski definition) is 5. The Morgan fingerprint density at radius 1 is 1.55 bits per heavy atom. The Kier molecular flexibility index (Phi) is 5.74. The van der Waals surface area contributed by atoms with Gasteiger partial charge in [-0.15, -0.1) is 11.3 Å². The van der Waals surface area contributed by atoms with Crippen LogP contribution in [0.1, 0.15) is 26.0 Å². The molecule has 4 nitrogen and oxygen atoms in total. The lowest BCUT2D eigenvalue weighted by molar-refractivity contribution is 0.655. The van der Waals surface area contributed by atoms with E-state index in [0.29, 0.717) is 6.04 Å². The van der Waals surface area contributed by atoms with Crippen molar-refractivity contribution >= 4 is 33.9 Å². The van der Waals surface area contributed by atoms with Gasteiger partial charge < -0.3 is 10.2 Å². The average molecular weight is 313 g/mol. The van der Waals surface area contributed by atoms with E-state index in [0.717, 1.165) is 36.0 Å². The molecule has 0 fully saturated rings. The number of fused-ring (bicyclic) bond motifs is 1. The summed E-state index contributed by atoms with van der Waals surface area (Å²) in [5.41, 5.74) is 1.27. The van der Waals surface area contributed by atoms with E-state index >= 15 is 0 Å². The summed E-state index contributed by atoms with van der Waals surface area (Å²) in [4.78, 5) is 8.20. The van der Waals surface area contributed by atoms with E-state index in [-0.39, 0.29) is 0 Å². The second-order valence-corrected chi connectivity index (χ2v) is 6.81. The van der Waals surface area contributed by atoms with Crippen molar-refractivity contribution in [3.63, 3.8) is 0 Å². The number of aromatic nitrogens is 2. The van der Waals surface area contributed by atoms with Gasteiger partial charge in [0, 0.05) is 37.0 Å². The van der Waals surface area contributed by atoms with Crippen LogP contribution in [0.2, 0.25) is 0 Å². The van der Waals surface area contributed by atoms with Gasteiger partial charge in [-0.2, -0.15) is 11.8 Å². The number of rotatable bonds is 8. The number of imidazole rings is 1. The van der Waals surface area contributed by atoms with Crippen LogP contribution in [0.3, 0.4) is 0 Å². The third-order valence-electron chi connectivity index (χ3n) is 3.46. The van der Waals surface area contributed by atoms with E-state index in [1.807, 2.05) is 11.8 Å². The molecule has 6 heteroatoms. The van der Waals surface area contributed by atoms with Crippen LogP contribution in [0.5, 0.6) is 0 Å². The van der Waals surface area contributed by atoms with Gasteiger partial charge in [0.05, 0.1) is 5.69 Å². The Bertz CT molecular complexity index is 534. The van der Waals surface area contributed by atoms with Crippen molar-refractivity contribution in [3.8, 4) is 0 Å². The second kappa shape index (κ2) is 7.33. The maximum absolute atomic E-state index is 4.81. The Morgan fingerprint density at radius 2 is 2.35 bits per heavy atom. The number of hydrogen-bond donors (Lipinski definition) is 1. The van der Waals surface area contributed by atoms with Gasteiger partial charge in [0.2, 0.25) is 0 Å². The van der Waals surface area contributed by atoms with Crippen LogP contribution in [0.25, 0.3) is 4.96 Å². The average Bonchev–Trinajstić information content (AvgIpc) is 3.00. The van der Waals surface area contributed by atoms with Crippen molar-refractivity contribution in [2.45, 2.75) is 32.9 Å². The molecular formula is C14H24N4S2. The summed E-state index contributed by atoms with van der Waals surface area (Å²) in [5, 5.41) is 5.60. The maximum atomic E-state index is 4.81. The standard InChI is InChI=1S/C14H24N4S2/c1-5-6-15-9-12-13(17(3)11(2)10-19-4)16-14-18(12)7-8-20-14/h7-8,11,15H,5-6,9-10H2,1-4H3. The molecule has 0 spiro atoms. The zero-order valence-corrected chi connectivity index (χ0v) is 14.4. The van der Waals surface area contributed by atoms with Crippen LogP contribution in [0.15, 0.2) is 11.6 Å². The van der Waals surface area contributed by atoms with E-state index in [9.17, 15) is 0 Å². The van der Waals surface area contributed by atoms with Crippen LogP contribution in [0, 0.1) is 0 Å². The molecule has 0 amide bonds. The van der Waals surface area contributed by atoms with Gasteiger partial charge in [-0.3, -0.25) is 4.40 Å². The van der Waals surface area contributed by atoms with Crippen LogP contribution >= 0.6 is 23.1 Å². The predicted molar refractivity (Wildman–Crippen MR) is 91.3 cm³/mol. The van der Waals surface area contributed by atoms with Crippen LogP contribution in [-0.2, 0) is 6.54 Å². The molecule has 1 N–H and O–H groups in total. The minimum absolute atomic E-state index is 0.486. The smallest absolute Gasteiger partial charge is 0.195 e. The van der Waals surface area contributed by atoms with Gasteiger partial charge in [0.15, 0.2) is 10.8 Å². The Labute approximate surface area is 129 Å². The van der Waals surface area contributed by atoms with Gasteiger partial charge >= 0.3 is 0 Å². The largest absolute Gasteiger partial charge is 0.355 e. The molecule has 0 aliphatic rings. The van der Waals surface area contributed by atoms with Crippen LogP contribution < -0.4 is 10.2 Å². The fourth-order valence-corrected chi connectivity index (χ4v) is 3.65. The first-order valence-corrected chi connectivity index (χ1v) is 9.33. The fourth-order valence-electron chi connectivity index (χ4n) is 2.21. The monoisotopic (exact) mass is 312 g/mol. The minimum atomic E-state index is 0.486. The number of thiazole rings is 1. The molecular weight excluding hydrogens is 288 g/mol. The molecule has 2 rings (SSSR count). The normalized spacial score (nSPS) is 13.0. The Morgan fingerprint density at radius 3 is 3.05 bits per heavy atom. The summed E-state index contributed by atoms with van der Waals surface area (Å²) >= 11 is 3.58. The molecule has 1 atom stereocenters. The second-order valence-electron chi connectivity index (χ2n) is 5.03. The third-order valence-corrected chi connectivity index (χ3v) is 5.03. The molecule has 0 aliphatic carbocycles. The number of nitrogens with one attached hydrogen (secondary N) is 1. The molecule has 112 valence electrons. The zero-order valence-electron chi connectivity index (χ0n) is 12.7. The predicted octanol–water partition coefficient (Wildman–Crippen LogP) is 3.08. The van der Waals surface area contributed by atoms with Crippen molar-refractivity contribution in [3.05, 3.63) is 17.3 Å². The molecule has 1 unspecified atom stereocenters. The Hall–Kier alpha value is -0.720. The van der Waals surface area contributed by atoms with Gasteiger partial charge in [-0.05, 0) is 26.1 Å². The van der Waals surface area contributed by atoms with E-state index in [1.54, 1.807) is 11.3 Å². The summed E-state index contributed by atoms with van der Waals surface area (Å²) in [6.45, 7) is 6.36. The van der Waals surface area contributed by atoms with Crippen molar-refractivity contribution < 1.29 is 0 Å². The van der Waals surface area contributed by atoms with Gasteiger partial charge in [0.1, 0.15) is 0 Å². The summed E-state index contributed by atoms with van der Waals surface area (Å²) < 4.78 is 2.21. The first-order chi connectivity index (χ1) is 9.69. The summed E-state index contributed by atoms with van der Waals surface area (Å²) in [5.74, 6) is 2.23. The highest BCUT2D eigenvalue weighted by Crippen LogP contribution is 2.25. The SMILES string of the molecule is CCCNCc1c(N(C)C(C)CSC)nc2sccn12. The van der Waals surface area contributed by atoms with Crippen LogP contribution in [0.4, 0.5) is 5.82 Å². The van der Waals surface area contributed by atoms with E-state index in [2.05, 4.69) is 53.3 Å². The number of thioether (sulfide) groups is 1. The lowest BCUT2D eigenvalue weighted by atomic mass is 10.3. The molecule has 0 bridgehead atoms. The quantitative estimate of drug-likeness (QED) is 0.759. The highest BCUT2D eigenvalue weighted by molar-refractivity contribution is 7.98. The molecule has 0 saturated carbocycles. The van der Waals surface area contributed by atoms with Crippen LogP contribution in [-0.4, -0.2) is 41.0 Å². The summed E-state index contributed by atoms with van der Waals surface area (Å²) in [6, 6.07) is 0.486. The van der Waals surface area contributed by atoms with E-state index in [1.165, 1.54) is 5.69 Å². The molecule has 0 saturated heterocycles. The lowest BCUT2D eigenvalue weighted by Crippen LogP contribution is -2.32. The molecule has 2 aromatic rings. The highest BCUT2D eigenvalue weighted by Gasteiger charge is 2.19. The third kappa shape index (κ3) is 3.30. The minimum Gasteiger partial charge on any atom is -0.355 e. The molecule has 0 radical (unpaired) electrons. The molecule has 2 aromatic heterocycles.